The third kappa shape index (κ3) is 4.00. The van der Waals surface area contributed by atoms with Crippen LogP contribution in [-0.4, -0.2) is 35.1 Å². The van der Waals surface area contributed by atoms with Crippen LogP contribution in [0, 0.1) is 0 Å². The third-order valence-corrected chi connectivity index (χ3v) is 1.48. The van der Waals surface area contributed by atoms with Gasteiger partial charge in [0.15, 0.2) is 11.9 Å². The van der Waals surface area contributed by atoms with E-state index in [4.69, 9.17) is 10.8 Å². The minimum atomic E-state index is -1.22. The molecule has 0 radical (unpaired) electrons. The van der Waals surface area contributed by atoms with Crippen molar-refractivity contribution in [1.82, 2.24) is 0 Å². The van der Waals surface area contributed by atoms with Gasteiger partial charge in [-0.05, 0) is 20.8 Å². The lowest BCUT2D eigenvalue weighted by Crippen LogP contribution is -2.38. The number of aliphatic hydroxyl groups is 1. The summed E-state index contributed by atoms with van der Waals surface area (Å²) in [7, 11) is 0. The molecule has 0 saturated heterocycles. The molecule has 0 aromatic heterocycles. The molecule has 3 N–H and O–H groups in total. The molecule has 3 atom stereocenters. The zero-order valence-electron chi connectivity index (χ0n) is 7.98. The van der Waals surface area contributed by atoms with E-state index in [0.29, 0.717) is 0 Å². The summed E-state index contributed by atoms with van der Waals surface area (Å²) in [5.41, 5.74) is 5.29. The molecule has 0 fully saturated rings. The second kappa shape index (κ2) is 4.94. The first-order valence-corrected chi connectivity index (χ1v) is 4.04. The quantitative estimate of drug-likeness (QED) is 0.566. The molecule has 0 rings (SSSR count). The predicted molar refractivity (Wildman–Crippen MR) is 45.9 cm³/mol. The summed E-state index contributed by atoms with van der Waals surface area (Å²) >= 11 is 0. The van der Waals surface area contributed by atoms with Gasteiger partial charge >= 0.3 is 5.97 Å². The first-order valence-electron chi connectivity index (χ1n) is 4.04. The van der Waals surface area contributed by atoms with Gasteiger partial charge in [0.05, 0.1) is 6.04 Å². The summed E-state index contributed by atoms with van der Waals surface area (Å²) in [6.45, 7) is 4.20. The summed E-state index contributed by atoms with van der Waals surface area (Å²) < 4.78 is 4.62. The minimum Gasteiger partial charge on any atom is -0.453 e. The van der Waals surface area contributed by atoms with Gasteiger partial charge in [-0.1, -0.05) is 0 Å². The summed E-state index contributed by atoms with van der Waals surface area (Å²) in [4.78, 5) is 21.9. The van der Waals surface area contributed by atoms with E-state index in [0.717, 1.165) is 0 Å². The van der Waals surface area contributed by atoms with Crippen molar-refractivity contribution in [3.05, 3.63) is 0 Å². The van der Waals surface area contributed by atoms with Crippen molar-refractivity contribution in [2.24, 2.45) is 5.73 Å². The van der Waals surface area contributed by atoms with Crippen molar-refractivity contribution in [3.63, 3.8) is 0 Å². The molecule has 0 amide bonds. The monoisotopic (exact) mass is 189 g/mol. The van der Waals surface area contributed by atoms with Crippen LogP contribution in [0.15, 0.2) is 0 Å². The van der Waals surface area contributed by atoms with Crippen LogP contribution in [-0.2, 0) is 14.3 Å². The maximum absolute atomic E-state index is 11.1. The zero-order chi connectivity index (χ0) is 10.6. The highest BCUT2D eigenvalue weighted by Crippen LogP contribution is 1.98. The molecule has 0 spiro atoms. The largest absolute Gasteiger partial charge is 0.453 e. The molecule has 0 aliphatic carbocycles. The molecule has 0 aromatic rings. The second-order valence-electron chi connectivity index (χ2n) is 2.95. The Kier molecular flexibility index (Phi) is 4.58. The van der Waals surface area contributed by atoms with Crippen molar-refractivity contribution < 1.29 is 19.4 Å². The molecule has 13 heavy (non-hydrogen) atoms. The van der Waals surface area contributed by atoms with E-state index in [9.17, 15) is 9.59 Å². The van der Waals surface area contributed by atoms with Gasteiger partial charge in [0.1, 0.15) is 6.10 Å². The van der Waals surface area contributed by atoms with Crippen molar-refractivity contribution in [2.45, 2.75) is 39.0 Å². The Labute approximate surface area is 76.9 Å². The van der Waals surface area contributed by atoms with Gasteiger partial charge in [-0.2, -0.15) is 0 Å². The number of carbonyl (C=O) groups excluding carboxylic acids is 2. The fourth-order valence-electron chi connectivity index (χ4n) is 0.701. The zero-order valence-corrected chi connectivity index (χ0v) is 7.98. The van der Waals surface area contributed by atoms with Crippen LogP contribution in [0.4, 0.5) is 0 Å². The second-order valence-corrected chi connectivity index (χ2v) is 2.95. The van der Waals surface area contributed by atoms with Crippen LogP contribution in [0.25, 0.3) is 0 Å². The van der Waals surface area contributed by atoms with Gasteiger partial charge in [0, 0.05) is 0 Å². The highest BCUT2D eigenvalue weighted by atomic mass is 16.6. The summed E-state index contributed by atoms with van der Waals surface area (Å²) in [5.74, 6) is -1.18. The average Bonchev–Trinajstić information content (AvgIpc) is 2.02. The first-order chi connectivity index (χ1) is 5.86. The normalized spacial score (nSPS) is 17.3. The molecule has 5 nitrogen and oxygen atoms in total. The Morgan fingerprint density at radius 2 is 1.77 bits per heavy atom. The number of nitrogens with two attached hydrogens (primary N) is 1. The lowest BCUT2D eigenvalue weighted by molar-refractivity contribution is -0.161. The van der Waals surface area contributed by atoms with Crippen LogP contribution in [0.5, 0.6) is 0 Å². The Balaban J connectivity index is 4.08. The Bertz CT molecular complexity index is 200. The van der Waals surface area contributed by atoms with E-state index < -0.39 is 24.2 Å². The highest BCUT2D eigenvalue weighted by Gasteiger charge is 2.22. The number of ketones is 1. The van der Waals surface area contributed by atoms with E-state index in [1.165, 1.54) is 20.8 Å². The van der Waals surface area contributed by atoms with Gasteiger partial charge in [-0.15, -0.1) is 0 Å². The van der Waals surface area contributed by atoms with Gasteiger partial charge in [-0.25, -0.2) is 4.79 Å². The van der Waals surface area contributed by atoms with Crippen LogP contribution in [0.2, 0.25) is 0 Å². The van der Waals surface area contributed by atoms with Crippen molar-refractivity contribution in [3.8, 4) is 0 Å². The number of esters is 1. The molecular formula is C8H15NO4. The number of ether oxygens (including phenoxy) is 1. The maximum atomic E-state index is 11.1. The van der Waals surface area contributed by atoms with Crippen LogP contribution < -0.4 is 5.73 Å². The number of Topliss-reactive ketones (excluding diaryl/α,β-unsaturated/α-hetero) is 1. The molecule has 0 aliphatic rings. The lowest BCUT2D eigenvalue weighted by atomic mass is 10.1. The van der Waals surface area contributed by atoms with E-state index >= 15 is 0 Å². The maximum Gasteiger partial charge on any atom is 0.335 e. The predicted octanol–water partition coefficient (Wildman–Crippen LogP) is -0.785. The number of carbonyl (C=O) groups is 2. The fourth-order valence-corrected chi connectivity index (χ4v) is 0.701. The number of hydrogen-bond donors (Lipinski definition) is 2. The summed E-state index contributed by atoms with van der Waals surface area (Å²) in [5, 5.41) is 8.77. The summed E-state index contributed by atoms with van der Waals surface area (Å²) in [6, 6.07) is -0.670. The molecule has 0 heterocycles. The Hall–Kier alpha value is -0.940. The Morgan fingerprint density at radius 1 is 1.31 bits per heavy atom. The molecule has 1 unspecified atom stereocenters. The molecule has 5 heteroatoms. The van der Waals surface area contributed by atoms with Gasteiger partial charge in [-0.3, -0.25) is 4.79 Å². The fraction of sp³-hybridized carbons (Fsp3) is 0.750. The van der Waals surface area contributed by atoms with E-state index in [2.05, 4.69) is 4.74 Å². The van der Waals surface area contributed by atoms with Crippen LogP contribution in [0.3, 0.4) is 0 Å². The topological polar surface area (TPSA) is 89.6 Å². The van der Waals surface area contributed by atoms with Crippen molar-refractivity contribution in [2.75, 3.05) is 0 Å². The standard InChI is InChI=1S/C8H15NO4/c1-4(9)7(11)6(3)13-8(12)5(2)10/h4-6,10H,9H2,1-3H3/t4?,5-,6-/m1/s1. The smallest absolute Gasteiger partial charge is 0.335 e. The highest BCUT2D eigenvalue weighted by molar-refractivity contribution is 5.89. The van der Waals surface area contributed by atoms with Crippen molar-refractivity contribution >= 4 is 11.8 Å². The molecular weight excluding hydrogens is 174 g/mol. The van der Waals surface area contributed by atoms with E-state index in [-0.39, 0.29) is 5.78 Å². The first kappa shape index (κ1) is 12.1. The number of aliphatic hydroxyl groups excluding tert-OH is 1. The minimum absolute atomic E-state index is 0.367. The van der Waals surface area contributed by atoms with Crippen LogP contribution >= 0.6 is 0 Å². The van der Waals surface area contributed by atoms with Crippen LogP contribution in [0.1, 0.15) is 20.8 Å². The van der Waals surface area contributed by atoms with Gasteiger partial charge in [0.2, 0.25) is 0 Å². The van der Waals surface area contributed by atoms with Gasteiger partial charge in [0.25, 0.3) is 0 Å². The average molecular weight is 189 g/mol. The number of hydrogen-bond acceptors (Lipinski definition) is 5. The molecule has 0 aromatic carbocycles. The van der Waals surface area contributed by atoms with E-state index in [1.807, 2.05) is 0 Å². The summed E-state index contributed by atoms with van der Waals surface area (Å²) in [6.07, 6.45) is -2.12. The lowest BCUT2D eigenvalue weighted by Gasteiger charge is -2.14. The number of rotatable bonds is 4. The molecule has 0 aliphatic heterocycles. The van der Waals surface area contributed by atoms with Gasteiger partial charge < -0.3 is 15.6 Å². The van der Waals surface area contributed by atoms with E-state index in [1.54, 1.807) is 0 Å². The Morgan fingerprint density at radius 3 is 2.08 bits per heavy atom. The molecule has 76 valence electrons. The molecule has 0 saturated carbocycles. The van der Waals surface area contributed by atoms with Crippen molar-refractivity contribution in [1.29, 1.82) is 0 Å². The molecule has 0 bridgehead atoms. The SMILES string of the molecule is CC(N)C(=O)[C@@H](C)OC(=O)[C@@H](C)O. The third-order valence-electron chi connectivity index (χ3n) is 1.48.